The molecule has 124 valence electrons. The Morgan fingerprint density at radius 1 is 1.04 bits per heavy atom. The molecule has 24 heavy (non-hydrogen) atoms. The van der Waals surface area contributed by atoms with Crippen molar-refractivity contribution in [3.8, 4) is 0 Å². The maximum Gasteiger partial charge on any atom is 0.253 e. The van der Waals surface area contributed by atoms with Gasteiger partial charge in [0, 0.05) is 42.2 Å². The van der Waals surface area contributed by atoms with E-state index in [1.165, 1.54) is 0 Å². The molecule has 0 radical (unpaired) electrons. The lowest BCUT2D eigenvalue weighted by Crippen LogP contribution is -2.32. The van der Waals surface area contributed by atoms with Crippen LogP contribution in [0.1, 0.15) is 33.2 Å². The van der Waals surface area contributed by atoms with Crippen LogP contribution in [-0.4, -0.2) is 40.6 Å². The molecule has 6 heteroatoms. The Labute approximate surface area is 139 Å². The van der Waals surface area contributed by atoms with Crippen LogP contribution in [0.25, 0.3) is 0 Å². The fourth-order valence-electron chi connectivity index (χ4n) is 3.08. The van der Waals surface area contributed by atoms with Gasteiger partial charge in [-0.15, -0.1) is 0 Å². The highest BCUT2D eigenvalue weighted by molar-refractivity contribution is 6.09. The fourth-order valence-corrected chi connectivity index (χ4v) is 3.08. The van der Waals surface area contributed by atoms with Gasteiger partial charge in [0.15, 0.2) is 5.78 Å². The van der Waals surface area contributed by atoms with Crippen LogP contribution in [0.15, 0.2) is 42.7 Å². The van der Waals surface area contributed by atoms with Gasteiger partial charge in [-0.3, -0.25) is 14.4 Å². The number of nitrogens with zero attached hydrogens (tertiary/aromatic N) is 1. The number of benzene rings is 1. The Bertz CT molecular complexity index is 765. The zero-order chi connectivity index (χ0) is 17.3. The maximum atomic E-state index is 12.6. The Morgan fingerprint density at radius 2 is 1.71 bits per heavy atom. The number of likely N-dealkylation sites (tertiary alicyclic amines) is 1. The van der Waals surface area contributed by atoms with Crippen molar-refractivity contribution < 1.29 is 14.4 Å². The summed E-state index contributed by atoms with van der Waals surface area (Å²) in [4.78, 5) is 40.7. The predicted octanol–water partition coefficient (Wildman–Crippen LogP) is 1.44. The van der Waals surface area contributed by atoms with E-state index in [9.17, 15) is 14.4 Å². The zero-order valence-electron chi connectivity index (χ0n) is 13.4. The molecule has 2 atom stereocenters. The van der Waals surface area contributed by atoms with E-state index in [4.69, 9.17) is 5.73 Å². The highest BCUT2D eigenvalue weighted by Gasteiger charge is 2.36. The average molecular weight is 325 g/mol. The van der Waals surface area contributed by atoms with Gasteiger partial charge in [-0.25, -0.2) is 0 Å². The lowest BCUT2D eigenvalue weighted by atomic mass is 9.98. The van der Waals surface area contributed by atoms with Crippen LogP contribution in [0.3, 0.4) is 0 Å². The minimum absolute atomic E-state index is 0.0564. The zero-order valence-corrected chi connectivity index (χ0v) is 13.4. The highest BCUT2D eigenvalue weighted by atomic mass is 16.2. The van der Waals surface area contributed by atoms with Crippen molar-refractivity contribution >= 4 is 17.6 Å². The summed E-state index contributed by atoms with van der Waals surface area (Å²) in [6, 6.07) is 8.28. The third-order valence-corrected chi connectivity index (χ3v) is 4.52. The topological polar surface area (TPSA) is 96.3 Å². The summed E-state index contributed by atoms with van der Waals surface area (Å²) < 4.78 is 0. The number of hydrogen-bond donors (Lipinski definition) is 2. The van der Waals surface area contributed by atoms with Crippen molar-refractivity contribution in [2.75, 3.05) is 13.1 Å². The van der Waals surface area contributed by atoms with E-state index >= 15 is 0 Å². The molecule has 0 saturated carbocycles. The lowest BCUT2D eigenvalue weighted by molar-refractivity contribution is -0.122. The van der Waals surface area contributed by atoms with Gasteiger partial charge in [0.2, 0.25) is 5.91 Å². The van der Waals surface area contributed by atoms with Gasteiger partial charge in [0.1, 0.15) is 0 Å². The summed E-state index contributed by atoms with van der Waals surface area (Å²) in [6.45, 7) is 2.77. The molecule has 2 amide bonds. The third kappa shape index (κ3) is 2.95. The summed E-state index contributed by atoms with van der Waals surface area (Å²) in [6.07, 6.45) is 3.33. The van der Waals surface area contributed by atoms with Gasteiger partial charge in [0.05, 0.1) is 5.92 Å². The van der Waals surface area contributed by atoms with Crippen molar-refractivity contribution in [2.45, 2.75) is 6.92 Å². The van der Waals surface area contributed by atoms with Crippen molar-refractivity contribution in [3.05, 3.63) is 59.4 Å². The SMILES string of the molecule is C[C@@H]1CN(C(=O)c2ccc(C(=O)c3cc[nH]c3)cc2)C[C@H]1C(N)=O. The number of carbonyl (C=O) groups is 3. The van der Waals surface area contributed by atoms with E-state index < -0.39 is 0 Å². The number of nitrogens with two attached hydrogens (primary N) is 1. The van der Waals surface area contributed by atoms with Crippen LogP contribution in [0.4, 0.5) is 0 Å². The first kappa shape index (κ1) is 16.0. The maximum absolute atomic E-state index is 12.6. The molecule has 3 N–H and O–H groups in total. The molecule has 1 aliphatic heterocycles. The molecule has 2 aromatic rings. The highest BCUT2D eigenvalue weighted by Crippen LogP contribution is 2.24. The molecule has 0 spiro atoms. The van der Waals surface area contributed by atoms with Crippen molar-refractivity contribution in [3.63, 3.8) is 0 Å². The summed E-state index contributed by atoms with van der Waals surface area (Å²) in [5.74, 6) is -0.861. The molecule has 1 aromatic carbocycles. The Morgan fingerprint density at radius 3 is 2.25 bits per heavy atom. The minimum Gasteiger partial charge on any atom is -0.369 e. The predicted molar refractivity (Wildman–Crippen MR) is 88.4 cm³/mol. The van der Waals surface area contributed by atoms with Gasteiger partial charge >= 0.3 is 0 Å². The van der Waals surface area contributed by atoms with E-state index in [1.54, 1.807) is 47.6 Å². The number of ketones is 1. The average Bonchev–Trinajstić information content (AvgIpc) is 3.23. The van der Waals surface area contributed by atoms with Crippen LogP contribution in [0.5, 0.6) is 0 Å². The van der Waals surface area contributed by atoms with Gasteiger partial charge in [-0.2, -0.15) is 0 Å². The molecule has 0 unspecified atom stereocenters. The lowest BCUT2D eigenvalue weighted by Gasteiger charge is -2.16. The van der Waals surface area contributed by atoms with E-state index in [-0.39, 0.29) is 29.4 Å². The number of aromatic nitrogens is 1. The first-order chi connectivity index (χ1) is 11.5. The molecule has 1 aliphatic rings. The Balaban J connectivity index is 1.73. The van der Waals surface area contributed by atoms with E-state index in [0.29, 0.717) is 29.8 Å². The van der Waals surface area contributed by atoms with Crippen molar-refractivity contribution in [1.29, 1.82) is 0 Å². The van der Waals surface area contributed by atoms with Crippen LogP contribution in [0.2, 0.25) is 0 Å². The van der Waals surface area contributed by atoms with Crippen LogP contribution in [0, 0.1) is 11.8 Å². The largest absolute Gasteiger partial charge is 0.369 e. The first-order valence-electron chi connectivity index (χ1n) is 7.83. The van der Waals surface area contributed by atoms with Gasteiger partial charge in [-0.1, -0.05) is 19.1 Å². The standard InChI is InChI=1S/C18H19N3O3/c1-11-9-21(10-15(11)17(19)23)18(24)13-4-2-12(3-5-13)16(22)14-6-7-20-8-14/h2-8,11,15,20H,9-10H2,1H3,(H2,19,23)/t11-,15-/m1/s1. The number of aromatic amines is 1. The molecular weight excluding hydrogens is 306 g/mol. The minimum atomic E-state index is -0.370. The Hall–Kier alpha value is -2.89. The van der Waals surface area contributed by atoms with Gasteiger partial charge < -0.3 is 15.6 Å². The molecule has 3 rings (SSSR count). The second kappa shape index (κ2) is 6.31. The van der Waals surface area contributed by atoms with Gasteiger partial charge in [-0.05, 0) is 24.1 Å². The number of rotatable bonds is 4. The summed E-state index contributed by atoms with van der Waals surface area (Å²) in [5.41, 5.74) is 6.97. The second-order valence-electron chi connectivity index (χ2n) is 6.20. The number of carbonyl (C=O) groups excluding carboxylic acids is 3. The van der Waals surface area contributed by atoms with Crippen LogP contribution < -0.4 is 5.73 Å². The van der Waals surface area contributed by atoms with Crippen molar-refractivity contribution in [2.24, 2.45) is 17.6 Å². The van der Waals surface area contributed by atoms with E-state index in [0.717, 1.165) is 0 Å². The molecule has 0 bridgehead atoms. The van der Waals surface area contributed by atoms with Crippen LogP contribution >= 0.6 is 0 Å². The molecule has 1 fully saturated rings. The molecule has 1 aromatic heterocycles. The van der Waals surface area contributed by atoms with E-state index in [1.807, 2.05) is 6.92 Å². The normalized spacial score (nSPS) is 20.1. The molecule has 0 aliphatic carbocycles. The molecule has 2 heterocycles. The fraction of sp³-hybridized carbons (Fsp3) is 0.278. The molecule has 6 nitrogen and oxygen atoms in total. The van der Waals surface area contributed by atoms with Gasteiger partial charge in [0.25, 0.3) is 5.91 Å². The monoisotopic (exact) mass is 325 g/mol. The number of amides is 2. The second-order valence-corrected chi connectivity index (χ2v) is 6.20. The first-order valence-corrected chi connectivity index (χ1v) is 7.83. The summed E-state index contributed by atoms with van der Waals surface area (Å²) in [5, 5.41) is 0. The van der Waals surface area contributed by atoms with Crippen LogP contribution in [-0.2, 0) is 4.79 Å². The smallest absolute Gasteiger partial charge is 0.253 e. The molecular formula is C18H19N3O3. The number of primary amides is 1. The van der Waals surface area contributed by atoms with Crippen molar-refractivity contribution in [1.82, 2.24) is 9.88 Å². The number of H-pyrrole nitrogens is 1. The third-order valence-electron chi connectivity index (χ3n) is 4.52. The van der Waals surface area contributed by atoms with E-state index in [2.05, 4.69) is 4.98 Å². The molecule has 1 saturated heterocycles. The number of nitrogens with one attached hydrogen (secondary N) is 1. The summed E-state index contributed by atoms with van der Waals surface area (Å²) >= 11 is 0. The quantitative estimate of drug-likeness (QED) is 0.833. The summed E-state index contributed by atoms with van der Waals surface area (Å²) in [7, 11) is 0. The Kier molecular flexibility index (Phi) is 4.20. The number of hydrogen-bond acceptors (Lipinski definition) is 3.